The molecule has 18 heavy (non-hydrogen) atoms. The lowest BCUT2D eigenvalue weighted by Gasteiger charge is -2.02. The van der Waals surface area contributed by atoms with Gasteiger partial charge in [0.1, 0.15) is 0 Å². The molecule has 0 aliphatic rings. The molecule has 0 amide bonds. The number of methoxy groups -OCH3 is 2. The summed E-state index contributed by atoms with van der Waals surface area (Å²) in [6.45, 7) is 0.882. The molecule has 108 valence electrons. The summed E-state index contributed by atoms with van der Waals surface area (Å²) in [7, 11) is 3.21. The van der Waals surface area contributed by atoms with E-state index >= 15 is 0 Å². The Balaban J connectivity index is 2.97. The summed E-state index contributed by atoms with van der Waals surface area (Å²) in [4.78, 5) is 10.9. The molecule has 0 saturated heterocycles. The van der Waals surface area contributed by atoms with Crippen molar-refractivity contribution in [3.63, 3.8) is 0 Å². The van der Waals surface area contributed by atoms with Crippen molar-refractivity contribution in [3.8, 4) is 0 Å². The van der Waals surface area contributed by atoms with E-state index in [0.717, 1.165) is 25.9 Å². The second-order valence-corrected chi connectivity index (χ2v) is 5.63. The van der Waals surface area contributed by atoms with E-state index in [9.17, 15) is 4.79 Å². The molecule has 0 heterocycles. The highest BCUT2D eigenvalue weighted by molar-refractivity contribution is 7.99. The van der Waals surface area contributed by atoms with Crippen LogP contribution in [0.15, 0.2) is 0 Å². The summed E-state index contributed by atoms with van der Waals surface area (Å²) >= 11 is 2.03. The largest absolute Gasteiger partial charge is 0.469 e. The van der Waals surface area contributed by atoms with Gasteiger partial charge in [-0.15, -0.1) is 0 Å². The zero-order valence-electron chi connectivity index (χ0n) is 11.9. The molecule has 0 aliphatic heterocycles. The highest BCUT2D eigenvalue weighted by atomic mass is 32.2. The normalized spacial score (nSPS) is 10.6. The van der Waals surface area contributed by atoms with Crippen LogP contribution in [0, 0.1) is 0 Å². The van der Waals surface area contributed by atoms with Crippen LogP contribution in [0.2, 0.25) is 0 Å². The zero-order chi connectivity index (χ0) is 13.5. The standard InChI is InChI=1S/C14H28O3S/c1-16-11-9-13-18-12-8-6-4-3-5-7-10-14(15)17-2/h3-13H2,1-2H3. The third-order valence-electron chi connectivity index (χ3n) is 2.78. The quantitative estimate of drug-likeness (QED) is 0.380. The van der Waals surface area contributed by atoms with E-state index in [0.29, 0.717) is 6.42 Å². The first kappa shape index (κ1) is 17.8. The van der Waals surface area contributed by atoms with Crippen LogP contribution in [0.25, 0.3) is 0 Å². The van der Waals surface area contributed by atoms with Gasteiger partial charge in [-0.1, -0.05) is 25.7 Å². The predicted octanol–water partition coefficient (Wildman–Crippen LogP) is 3.66. The molecular formula is C14H28O3S. The Kier molecular flexibility index (Phi) is 14.7. The molecule has 0 unspecified atom stereocenters. The van der Waals surface area contributed by atoms with E-state index in [1.807, 2.05) is 11.8 Å². The molecule has 0 aromatic rings. The number of carbonyl (C=O) groups is 1. The minimum atomic E-state index is -0.0811. The average molecular weight is 276 g/mol. The van der Waals surface area contributed by atoms with Crippen molar-refractivity contribution in [2.75, 3.05) is 32.3 Å². The summed E-state index contributed by atoms with van der Waals surface area (Å²) in [6, 6.07) is 0. The number of carbonyl (C=O) groups excluding carboxylic acids is 1. The number of hydrogen-bond acceptors (Lipinski definition) is 4. The van der Waals surface area contributed by atoms with Gasteiger partial charge in [-0.2, -0.15) is 11.8 Å². The molecule has 0 fully saturated rings. The monoisotopic (exact) mass is 276 g/mol. The van der Waals surface area contributed by atoms with Gasteiger partial charge in [0.25, 0.3) is 0 Å². The molecule has 0 N–H and O–H groups in total. The summed E-state index contributed by atoms with van der Waals surface area (Å²) in [6.07, 6.45) is 9.02. The second-order valence-electron chi connectivity index (χ2n) is 4.41. The molecule has 0 atom stereocenters. The molecular weight excluding hydrogens is 248 g/mol. The molecule has 0 bridgehead atoms. The number of hydrogen-bond donors (Lipinski definition) is 0. The maximum atomic E-state index is 10.9. The van der Waals surface area contributed by atoms with Crippen LogP contribution in [-0.2, 0) is 14.3 Å². The van der Waals surface area contributed by atoms with E-state index in [2.05, 4.69) is 4.74 Å². The molecule has 0 spiro atoms. The van der Waals surface area contributed by atoms with Gasteiger partial charge in [-0.05, 0) is 30.8 Å². The van der Waals surface area contributed by atoms with Crippen molar-refractivity contribution in [1.82, 2.24) is 0 Å². The van der Waals surface area contributed by atoms with Crippen molar-refractivity contribution in [1.29, 1.82) is 0 Å². The molecule has 0 radical (unpaired) electrons. The van der Waals surface area contributed by atoms with Gasteiger partial charge < -0.3 is 9.47 Å². The van der Waals surface area contributed by atoms with Gasteiger partial charge in [-0.25, -0.2) is 0 Å². The van der Waals surface area contributed by atoms with E-state index in [4.69, 9.17) is 4.74 Å². The predicted molar refractivity (Wildman–Crippen MR) is 78.2 cm³/mol. The fraction of sp³-hybridized carbons (Fsp3) is 0.929. The minimum absolute atomic E-state index is 0.0811. The first-order valence-electron chi connectivity index (χ1n) is 6.94. The zero-order valence-corrected chi connectivity index (χ0v) is 12.7. The van der Waals surface area contributed by atoms with Gasteiger partial charge in [0.05, 0.1) is 7.11 Å². The van der Waals surface area contributed by atoms with Crippen molar-refractivity contribution in [3.05, 3.63) is 0 Å². The Morgan fingerprint density at radius 1 is 0.889 bits per heavy atom. The van der Waals surface area contributed by atoms with E-state index in [-0.39, 0.29) is 5.97 Å². The molecule has 0 aromatic carbocycles. The molecule has 0 aromatic heterocycles. The maximum absolute atomic E-state index is 10.9. The maximum Gasteiger partial charge on any atom is 0.305 e. The molecule has 4 heteroatoms. The van der Waals surface area contributed by atoms with E-state index in [1.54, 1.807) is 7.11 Å². The third kappa shape index (κ3) is 13.8. The van der Waals surface area contributed by atoms with Crippen LogP contribution < -0.4 is 0 Å². The Morgan fingerprint density at radius 3 is 2.17 bits per heavy atom. The molecule has 0 rings (SSSR count). The molecule has 0 aliphatic carbocycles. The minimum Gasteiger partial charge on any atom is -0.469 e. The van der Waals surface area contributed by atoms with Gasteiger partial charge in [0, 0.05) is 20.1 Å². The lowest BCUT2D eigenvalue weighted by molar-refractivity contribution is -0.140. The number of thioether (sulfide) groups is 1. The number of rotatable bonds is 13. The van der Waals surface area contributed by atoms with Crippen molar-refractivity contribution >= 4 is 17.7 Å². The van der Waals surface area contributed by atoms with Crippen LogP contribution in [0.3, 0.4) is 0 Å². The average Bonchev–Trinajstić information content (AvgIpc) is 2.39. The van der Waals surface area contributed by atoms with Crippen molar-refractivity contribution in [2.45, 2.75) is 51.4 Å². The van der Waals surface area contributed by atoms with Crippen molar-refractivity contribution < 1.29 is 14.3 Å². The van der Waals surface area contributed by atoms with Gasteiger partial charge in [-0.3, -0.25) is 4.79 Å². The number of esters is 1. The van der Waals surface area contributed by atoms with Crippen LogP contribution >= 0.6 is 11.8 Å². The lowest BCUT2D eigenvalue weighted by atomic mass is 10.1. The second kappa shape index (κ2) is 14.8. The first-order chi connectivity index (χ1) is 8.81. The molecule has 0 saturated carbocycles. The smallest absolute Gasteiger partial charge is 0.305 e. The first-order valence-corrected chi connectivity index (χ1v) is 8.10. The molecule has 3 nitrogen and oxygen atoms in total. The van der Waals surface area contributed by atoms with Crippen LogP contribution in [0.1, 0.15) is 51.4 Å². The summed E-state index contributed by atoms with van der Waals surface area (Å²) in [5.74, 6) is 2.40. The van der Waals surface area contributed by atoms with E-state index < -0.39 is 0 Å². The summed E-state index contributed by atoms with van der Waals surface area (Å²) < 4.78 is 9.60. The van der Waals surface area contributed by atoms with E-state index in [1.165, 1.54) is 44.3 Å². The Bertz CT molecular complexity index is 186. The Morgan fingerprint density at radius 2 is 1.50 bits per heavy atom. The van der Waals surface area contributed by atoms with Crippen LogP contribution in [0.4, 0.5) is 0 Å². The number of ether oxygens (including phenoxy) is 2. The van der Waals surface area contributed by atoms with Crippen molar-refractivity contribution in [2.24, 2.45) is 0 Å². The van der Waals surface area contributed by atoms with Gasteiger partial charge in [0.2, 0.25) is 0 Å². The third-order valence-corrected chi connectivity index (χ3v) is 3.94. The fourth-order valence-corrected chi connectivity index (χ4v) is 2.62. The Labute approximate surface area is 116 Å². The topological polar surface area (TPSA) is 35.5 Å². The van der Waals surface area contributed by atoms with Gasteiger partial charge >= 0.3 is 5.97 Å². The van der Waals surface area contributed by atoms with Crippen LogP contribution in [0.5, 0.6) is 0 Å². The SMILES string of the molecule is COCCCSCCCCCCCCC(=O)OC. The summed E-state index contributed by atoms with van der Waals surface area (Å²) in [5, 5.41) is 0. The van der Waals surface area contributed by atoms with Gasteiger partial charge in [0.15, 0.2) is 0 Å². The highest BCUT2D eigenvalue weighted by Crippen LogP contribution is 2.11. The summed E-state index contributed by atoms with van der Waals surface area (Å²) in [5.41, 5.74) is 0. The number of unbranched alkanes of at least 4 members (excludes halogenated alkanes) is 5. The lowest BCUT2D eigenvalue weighted by Crippen LogP contribution is -1.99. The highest BCUT2D eigenvalue weighted by Gasteiger charge is 1.99. The fourth-order valence-electron chi connectivity index (χ4n) is 1.69. The van der Waals surface area contributed by atoms with Crippen LogP contribution in [-0.4, -0.2) is 38.3 Å². The Hall–Kier alpha value is -0.220.